The van der Waals surface area contributed by atoms with Crippen molar-refractivity contribution in [3.63, 3.8) is 0 Å². The molecule has 3 aromatic rings. The zero-order chi connectivity index (χ0) is 20.4. The van der Waals surface area contributed by atoms with Crippen molar-refractivity contribution in [3.8, 4) is 5.69 Å². The van der Waals surface area contributed by atoms with Crippen molar-refractivity contribution in [1.82, 2.24) is 14.5 Å². The fourth-order valence-electron chi connectivity index (χ4n) is 2.88. The molecule has 0 amide bonds. The van der Waals surface area contributed by atoms with Crippen molar-refractivity contribution in [2.45, 2.75) is 13.5 Å². The summed E-state index contributed by atoms with van der Waals surface area (Å²) in [5.74, 6) is -1.61. The van der Waals surface area contributed by atoms with Crippen LogP contribution in [0.4, 0.5) is 4.39 Å². The van der Waals surface area contributed by atoms with Crippen LogP contribution in [-0.4, -0.2) is 41.1 Å². The molecule has 0 fully saturated rings. The van der Waals surface area contributed by atoms with Gasteiger partial charge in [-0.15, -0.1) is 0 Å². The van der Waals surface area contributed by atoms with E-state index >= 15 is 0 Å². The van der Waals surface area contributed by atoms with Gasteiger partial charge in [0, 0.05) is 18.4 Å². The summed E-state index contributed by atoms with van der Waals surface area (Å²) in [6.07, 6.45) is 1.35. The molecular formula is C20H19ClFN3O3. The largest absolute Gasteiger partial charge is 0.462 e. The number of aromatic nitrogens is 2. The molecule has 2 heterocycles. The Bertz CT molecular complexity index is 1090. The predicted molar refractivity (Wildman–Crippen MR) is 106 cm³/mol. The minimum atomic E-state index is -0.833. The number of carbonyl (C=O) groups excluding carboxylic acids is 1. The Kier molecular flexibility index (Phi) is 5.76. The van der Waals surface area contributed by atoms with E-state index in [1.807, 2.05) is 43.3 Å². The van der Waals surface area contributed by atoms with Crippen molar-refractivity contribution in [2.24, 2.45) is 0 Å². The molecule has 0 aliphatic carbocycles. The molecule has 0 unspecified atom stereocenters. The second-order valence-corrected chi connectivity index (χ2v) is 6.86. The summed E-state index contributed by atoms with van der Waals surface area (Å²) < 4.78 is 20.5. The van der Waals surface area contributed by atoms with E-state index in [-0.39, 0.29) is 28.4 Å². The third-order valence-electron chi connectivity index (χ3n) is 4.10. The molecular weight excluding hydrogens is 385 g/mol. The number of hydrogen-bond acceptors (Lipinski definition) is 5. The van der Waals surface area contributed by atoms with Crippen LogP contribution in [-0.2, 0) is 11.3 Å². The summed E-state index contributed by atoms with van der Waals surface area (Å²) in [6.45, 7) is 2.51. The zero-order valence-electron chi connectivity index (χ0n) is 15.7. The van der Waals surface area contributed by atoms with Crippen LogP contribution in [0.15, 0.2) is 41.3 Å². The van der Waals surface area contributed by atoms with E-state index in [1.54, 1.807) is 6.92 Å². The Morgan fingerprint density at radius 1 is 1.29 bits per heavy atom. The van der Waals surface area contributed by atoms with Crippen LogP contribution in [0.25, 0.3) is 16.7 Å². The summed E-state index contributed by atoms with van der Waals surface area (Å²) in [4.78, 5) is 31.0. The Labute approximate surface area is 166 Å². The highest BCUT2D eigenvalue weighted by Crippen LogP contribution is 2.21. The van der Waals surface area contributed by atoms with Gasteiger partial charge in [0.05, 0.1) is 12.0 Å². The Morgan fingerprint density at radius 2 is 1.96 bits per heavy atom. The Morgan fingerprint density at radius 3 is 2.57 bits per heavy atom. The highest BCUT2D eigenvalue weighted by Gasteiger charge is 2.19. The number of esters is 1. The Hall–Kier alpha value is -2.77. The number of benzene rings is 1. The first-order valence-electron chi connectivity index (χ1n) is 8.64. The molecule has 6 nitrogen and oxygen atoms in total. The van der Waals surface area contributed by atoms with Crippen LogP contribution in [0, 0.1) is 5.82 Å². The first kappa shape index (κ1) is 20.0. The molecule has 0 spiro atoms. The normalized spacial score (nSPS) is 11.2. The number of pyridine rings is 2. The van der Waals surface area contributed by atoms with Crippen molar-refractivity contribution >= 4 is 28.6 Å². The summed E-state index contributed by atoms with van der Waals surface area (Å²) in [7, 11) is 3.93. The molecule has 3 rings (SSSR count). The van der Waals surface area contributed by atoms with Crippen LogP contribution in [0.1, 0.15) is 22.8 Å². The minimum absolute atomic E-state index is 0.0511. The maximum Gasteiger partial charge on any atom is 0.343 e. The van der Waals surface area contributed by atoms with Gasteiger partial charge in [0.15, 0.2) is 11.0 Å². The summed E-state index contributed by atoms with van der Waals surface area (Å²) >= 11 is 5.84. The number of rotatable bonds is 5. The molecule has 2 aromatic heterocycles. The number of hydrogen-bond donors (Lipinski definition) is 0. The zero-order valence-corrected chi connectivity index (χ0v) is 16.5. The first-order valence-corrected chi connectivity index (χ1v) is 9.02. The second-order valence-electron chi connectivity index (χ2n) is 6.50. The van der Waals surface area contributed by atoms with Crippen LogP contribution in [0.3, 0.4) is 0 Å². The lowest BCUT2D eigenvalue weighted by Gasteiger charge is -2.14. The van der Waals surface area contributed by atoms with Crippen molar-refractivity contribution in [2.75, 3.05) is 20.7 Å². The average molecular weight is 404 g/mol. The fourth-order valence-corrected chi connectivity index (χ4v) is 3.01. The van der Waals surface area contributed by atoms with Crippen LogP contribution >= 0.6 is 11.6 Å². The second kappa shape index (κ2) is 8.08. The van der Waals surface area contributed by atoms with Gasteiger partial charge in [-0.25, -0.2) is 14.2 Å². The molecule has 0 bridgehead atoms. The highest BCUT2D eigenvalue weighted by atomic mass is 35.5. The summed E-state index contributed by atoms with van der Waals surface area (Å²) in [6, 6.07) is 8.50. The van der Waals surface area contributed by atoms with Gasteiger partial charge in [-0.05, 0) is 44.8 Å². The fraction of sp³-hybridized carbons (Fsp3) is 0.250. The number of halogens is 2. The van der Waals surface area contributed by atoms with Gasteiger partial charge >= 0.3 is 5.97 Å². The Balaban J connectivity index is 2.25. The molecule has 28 heavy (non-hydrogen) atoms. The quantitative estimate of drug-likeness (QED) is 0.482. The molecule has 146 valence electrons. The number of fused-ring (bicyclic) bond motifs is 1. The molecule has 0 N–H and O–H groups in total. The molecule has 0 saturated heterocycles. The monoisotopic (exact) mass is 403 g/mol. The molecule has 0 radical (unpaired) electrons. The summed E-state index contributed by atoms with van der Waals surface area (Å²) in [5, 5.41) is -0.404. The van der Waals surface area contributed by atoms with Gasteiger partial charge in [0.25, 0.3) is 0 Å². The third kappa shape index (κ3) is 3.90. The number of nitrogens with zero attached hydrogens (tertiary/aromatic N) is 3. The SMILES string of the molecule is CCOC(=O)c1cn(-c2ccc(CN(C)C)cc2)c2nc(Cl)c(F)cc2c1=O. The lowest BCUT2D eigenvalue weighted by atomic mass is 10.1. The maximum absolute atomic E-state index is 14.0. The van der Waals surface area contributed by atoms with Crippen LogP contribution < -0.4 is 5.43 Å². The maximum atomic E-state index is 14.0. The van der Waals surface area contributed by atoms with Gasteiger partial charge < -0.3 is 14.2 Å². The van der Waals surface area contributed by atoms with E-state index < -0.39 is 17.2 Å². The highest BCUT2D eigenvalue weighted by molar-refractivity contribution is 6.29. The molecule has 0 atom stereocenters. The average Bonchev–Trinajstić information content (AvgIpc) is 2.64. The lowest BCUT2D eigenvalue weighted by Crippen LogP contribution is -2.21. The van der Waals surface area contributed by atoms with E-state index in [0.717, 1.165) is 18.2 Å². The van der Waals surface area contributed by atoms with Crippen molar-refractivity contribution in [3.05, 3.63) is 68.8 Å². The van der Waals surface area contributed by atoms with E-state index in [1.165, 1.54) is 10.8 Å². The van der Waals surface area contributed by atoms with Gasteiger partial charge in [-0.1, -0.05) is 23.7 Å². The minimum Gasteiger partial charge on any atom is -0.462 e. The van der Waals surface area contributed by atoms with Crippen LogP contribution in [0.5, 0.6) is 0 Å². The van der Waals surface area contributed by atoms with Gasteiger partial charge in [0.1, 0.15) is 11.2 Å². The molecule has 1 aromatic carbocycles. The molecule has 8 heteroatoms. The van der Waals surface area contributed by atoms with Crippen molar-refractivity contribution in [1.29, 1.82) is 0 Å². The van der Waals surface area contributed by atoms with E-state index in [9.17, 15) is 14.0 Å². The summed E-state index contributed by atoms with van der Waals surface area (Å²) in [5.41, 5.74) is 1.03. The van der Waals surface area contributed by atoms with Gasteiger partial charge in [-0.3, -0.25) is 4.79 Å². The van der Waals surface area contributed by atoms with E-state index in [4.69, 9.17) is 16.3 Å². The van der Waals surface area contributed by atoms with Gasteiger partial charge in [0.2, 0.25) is 5.43 Å². The molecule has 0 aliphatic heterocycles. The molecule has 0 aliphatic rings. The number of carbonyl (C=O) groups is 1. The smallest absolute Gasteiger partial charge is 0.343 e. The van der Waals surface area contributed by atoms with E-state index in [0.29, 0.717) is 5.69 Å². The first-order chi connectivity index (χ1) is 13.3. The lowest BCUT2D eigenvalue weighted by molar-refractivity contribution is 0.0524. The van der Waals surface area contributed by atoms with Gasteiger partial charge in [-0.2, -0.15) is 0 Å². The molecule has 0 saturated carbocycles. The van der Waals surface area contributed by atoms with E-state index in [2.05, 4.69) is 4.98 Å². The third-order valence-corrected chi connectivity index (χ3v) is 4.36. The van der Waals surface area contributed by atoms with Crippen molar-refractivity contribution < 1.29 is 13.9 Å². The predicted octanol–water partition coefficient (Wildman–Crippen LogP) is 3.42. The van der Waals surface area contributed by atoms with Crippen LogP contribution in [0.2, 0.25) is 5.15 Å². The standard InChI is InChI=1S/C20H19ClFN3O3/c1-4-28-20(27)15-11-25(13-7-5-12(6-8-13)10-24(2)3)19-14(17(15)26)9-16(22)18(21)23-19/h5-9,11H,4,10H2,1-3H3. The topological polar surface area (TPSA) is 64.4 Å². The number of ether oxygens (including phenoxy) is 1.